The number of para-hydroxylation sites is 1. The normalized spacial score (nSPS) is 11.4. The Balaban J connectivity index is 1.99. The Morgan fingerprint density at radius 3 is 2.16 bits per heavy atom. The number of thiocarbonyl (C=S) groups is 1. The van der Waals surface area contributed by atoms with Crippen molar-refractivity contribution in [3.05, 3.63) is 66.2 Å². The van der Waals surface area contributed by atoms with Gasteiger partial charge < -0.3 is 15.4 Å². The number of nitrogens with one attached hydrogen (secondary N) is 2. The molecule has 0 spiro atoms. The molecule has 19 heavy (non-hydrogen) atoms. The topological polar surface area (TPSA) is 41.1 Å². The average molecular weight is 270 g/mol. The van der Waals surface area contributed by atoms with Crippen molar-refractivity contribution in [3.63, 3.8) is 0 Å². The van der Waals surface area contributed by atoms with Crippen LogP contribution < -0.4 is 10.6 Å². The van der Waals surface area contributed by atoms with E-state index in [2.05, 4.69) is 10.6 Å². The third kappa shape index (κ3) is 3.89. The summed E-state index contributed by atoms with van der Waals surface area (Å²) in [6.07, 6.45) is 0.842. The minimum atomic E-state index is -0.440. The maximum Gasteiger partial charge on any atom is 0.171 e. The summed E-state index contributed by atoms with van der Waals surface area (Å²) in [6.45, 7) is 0. The van der Waals surface area contributed by atoms with Crippen molar-refractivity contribution in [3.8, 4) is 0 Å². The number of rotatable bonds is 4. The van der Waals surface area contributed by atoms with E-state index in [1.165, 1.54) is 0 Å². The molecule has 3 nitrogen and oxygen atoms in total. The largest absolute Gasteiger partial charge is 0.349 e. The van der Waals surface area contributed by atoms with Crippen molar-refractivity contribution < 1.29 is 4.79 Å². The van der Waals surface area contributed by atoms with E-state index in [-0.39, 0.29) is 0 Å². The standard InChI is InChI=1S/C15H14N2OS/c18-11-14(12-7-3-1-4-8-12)17-15(19)16-13-9-5-2-6-10-13/h1-11,14H,(H2,16,17,19). The minimum absolute atomic E-state index is 0.423. The Morgan fingerprint density at radius 2 is 1.58 bits per heavy atom. The van der Waals surface area contributed by atoms with Crippen molar-refractivity contribution in [1.29, 1.82) is 0 Å². The van der Waals surface area contributed by atoms with Gasteiger partial charge in [-0.15, -0.1) is 0 Å². The highest BCUT2D eigenvalue weighted by Gasteiger charge is 2.10. The lowest BCUT2D eigenvalue weighted by atomic mass is 10.1. The average Bonchev–Trinajstić information content (AvgIpc) is 2.47. The van der Waals surface area contributed by atoms with E-state index in [4.69, 9.17) is 12.2 Å². The van der Waals surface area contributed by atoms with Gasteiger partial charge in [0.1, 0.15) is 12.3 Å². The first-order valence-electron chi connectivity index (χ1n) is 5.92. The van der Waals surface area contributed by atoms with E-state index in [1.807, 2.05) is 60.7 Å². The molecule has 0 aromatic heterocycles. The molecular weight excluding hydrogens is 256 g/mol. The quantitative estimate of drug-likeness (QED) is 0.662. The molecule has 0 aliphatic heterocycles. The summed E-state index contributed by atoms with van der Waals surface area (Å²) >= 11 is 5.20. The van der Waals surface area contributed by atoms with Crippen LogP contribution in [0.1, 0.15) is 11.6 Å². The Bertz CT molecular complexity index is 543. The van der Waals surface area contributed by atoms with Crippen molar-refractivity contribution in [1.82, 2.24) is 5.32 Å². The highest BCUT2D eigenvalue weighted by Crippen LogP contribution is 2.11. The summed E-state index contributed by atoms with van der Waals surface area (Å²) in [5.41, 5.74) is 1.77. The van der Waals surface area contributed by atoms with Crippen LogP contribution >= 0.6 is 12.2 Å². The molecule has 0 aliphatic rings. The predicted molar refractivity (Wildman–Crippen MR) is 81.0 cm³/mol. The summed E-state index contributed by atoms with van der Waals surface area (Å²) in [7, 11) is 0. The van der Waals surface area contributed by atoms with Gasteiger partial charge in [0, 0.05) is 5.69 Å². The second kappa shape index (κ2) is 6.66. The van der Waals surface area contributed by atoms with Crippen molar-refractivity contribution in [2.24, 2.45) is 0 Å². The lowest BCUT2D eigenvalue weighted by Crippen LogP contribution is -2.33. The summed E-state index contributed by atoms with van der Waals surface area (Å²) in [5, 5.41) is 6.44. The monoisotopic (exact) mass is 270 g/mol. The van der Waals surface area contributed by atoms with E-state index >= 15 is 0 Å². The Morgan fingerprint density at radius 1 is 1.00 bits per heavy atom. The molecule has 1 unspecified atom stereocenters. The van der Waals surface area contributed by atoms with Gasteiger partial charge in [-0.25, -0.2) is 0 Å². The number of hydrogen-bond acceptors (Lipinski definition) is 2. The zero-order chi connectivity index (χ0) is 13.5. The Hall–Kier alpha value is -2.20. The van der Waals surface area contributed by atoms with Crippen LogP contribution in [0.15, 0.2) is 60.7 Å². The fourth-order valence-electron chi connectivity index (χ4n) is 1.69. The third-order valence-corrected chi connectivity index (χ3v) is 2.83. The molecule has 0 amide bonds. The van der Waals surface area contributed by atoms with Gasteiger partial charge in [0.05, 0.1) is 0 Å². The van der Waals surface area contributed by atoms with Gasteiger partial charge in [0.25, 0.3) is 0 Å². The van der Waals surface area contributed by atoms with Crippen molar-refractivity contribution >= 4 is 29.3 Å². The molecule has 0 saturated carbocycles. The molecule has 0 radical (unpaired) electrons. The number of anilines is 1. The van der Waals surface area contributed by atoms with Gasteiger partial charge in [-0.2, -0.15) is 0 Å². The molecule has 2 rings (SSSR count). The number of benzene rings is 2. The molecule has 2 aromatic carbocycles. The highest BCUT2D eigenvalue weighted by molar-refractivity contribution is 7.80. The van der Waals surface area contributed by atoms with Crippen LogP contribution in [0.25, 0.3) is 0 Å². The van der Waals surface area contributed by atoms with Gasteiger partial charge in [-0.1, -0.05) is 48.5 Å². The van der Waals surface area contributed by atoms with Crippen LogP contribution in [0, 0.1) is 0 Å². The molecule has 0 bridgehead atoms. The van der Waals surface area contributed by atoms with Crippen LogP contribution in [0.2, 0.25) is 0 Å². The van der Waals surface area contributed by atoms with Gasteiger partial charge in [0.2, 0.25) is 0 Å². The molecule has 0 aliphatic carbocycles. The molecule has 0 saturated heterocycles. The van der Waals surface area contributed by atoms with Gasteiger partial charge in [-0.3, -0.25) is 0 Å². The SMILES string of the molecule is O=CC(NC(=S)Nc1ccccc1)c1ccccc1. The van der Waals surface area contributed by atoms with E-state index < -0.39 is 6.04 Å². The molecule has 1 atom stereocenters. The molecule has 4 heteroatoms. The molecule has 96 valence electrons. The Kier molecular flexibility index (Phi) is 4.64. The van der Waals surface area contributed by atoms with Crippen LogP contribution in [0.5, 0.6) is 0 Å². The van der Waals surface area contributed by atoms with E-state index in [0.717, 1.165) is 17.5 Å². The lowest BCUT2D eigenvalue weighted by molar-refractivity contribution is -0.109. The molecule has 0 fully saturated rings. The number of hydrogen-bond donors (Lipinski definition) is 2. The van der Waals surface area contributed by atoms with Gasteiger partial charge in [0.15, 0.2) is 5.11 Å². The molecular formula is C15H14N2OS. The van der Waals surface area contributed by atoms with E-state index in [9.17, 15) is 4.79 Å². The lowest BCUT2D eigenvalue weighted by Gasteiger charge is -2.16. The van der Waals surface area contributed by atoms with Crippen molar-refractivity contribution in [2.75, 3.05) is 5.32 Å². The Labute approximate surface area is 117 Å². The van der Waals surface area contributed by atoms with E-state index in [0.29, 0.717) is 5.11 Å². The fraction of sp³-hybridized carbons (Fsp3) is 0.0667. The summed E-state index contributed by atoms with van der Waals surface area (Å²) in [5.74, 6) is 0. The predicted octanol–water partition coefficient (Wildman–Crippen LogP) is 2.91. The van der Waals surface area contributed by atoms with Gasteiger partial charge >= 0.3 is 0 Å². The molecule has 0 heterocycles. The number of aldehydes is 1. The second-order valence-corrected chi connectivity index (χ2v) is 4.40. The number of carbonyl (C=O) groups excluding carboxylic acids is 1. The second-order valence-electron chi connectivity index (χ2n) is 3.99. The van der Waals surface area contributed by atoms with E-state index in [1.54, 1.807) is 0 Å². The first-order valence-corrected chi connectivity index (χ1v) is 6.33. The maximum atomic E-state index is 11.1. The zero-order valence-electron chi connectivity index (χ0n) is 10.2. The fourth-order valence-corrected chi connectivity index (χ4v) is 1.93. The first-order chi connectivity index (χ1) is 9.29. The summed E-state index contributed by atoms with van der Waals surface area (Å²) in [4.78, 5) is 11.1. The third-order valence-electron chi connectivity index (χ3n) is 2.61. The van der Waals surface area contributed by atoms with Crippen LogP contribution in [-0.4, -0.2) is 11.4 Å². The highest BCUT2D eigenvalue weighted by atomic mass is 32.1. The summed E-state index contributed by atoms with van der Waals surface area (Å²) in [6, 6.07) is 18.6. The molecule has 2 aromatic rings. The van der Waals surface area contributed by atoms with Crippen LogP contribution in [-0.2, 0) is 4.79 Å². The maximum absolute atomic E-state index is 11.1. The van der Waals surface area contributed by atoms with Crippen LogP contribution in [0.3, 0.4) is 0 Å². The zero-order valence-corrected chi connectivity index (χ0v) is 11.1. The van der Waals surface area contributed by atoms with Gasteiger partial charge in [-0.05, 0) is 29.9 Å². The van der Waals surface area contributed by atoms with Crippen LogP contribution in [0.4, 0.5) is 5.69 Å². The summed E-state index contributed by atoms with van der Waals surface area (Å²) < 4.78 is 0. The minimum Gasteiger partial charge on any atom is -0.349 e. The smallest absolute Gasteiger partial charge is 0.171 e. The molecule has 2 N–H and O–H groups in total. The van der Waals surface area contributed by atoms with Crippen molar-refractivity contribution in [2.45, 2.75) is 6.04 Å². The first kappa shape index (κ1) is 13.2. The number of carbonyl (C=O) groups is 1.